The van der Waals surface area contributed by atoms with E-state index in [2.05, 4.69) is 0 Å². The van der Waals surface area contributed by atoms with E-state index in [1.165, 1.54) is 13.2 Å². The van der Waals surface area contributed by atoms with Gasteiger partial charge in [-0.3, -0.25) is 9.59 Å². The van der Waals surface area contributed by atoms with Crippen LogP contribution in [0.5, 0.6) is 5.75 Å². The number of benzene rings is 1. The summed E-state index contributed by atoms with van der Waals surface area (Å²) in [6.07, 6.45) is 1.27. The zero-order valence-electron chi connectivity index (χ0n) is 11.8. The van der Waals surface area contributed by atoms with Crippen LogP contribution in [0.1, 0.15) is 28.8 Å². The molecule has 1 N–H and O–H groups in total. The van der Waals surface area contributed by atoms with Crippen molar-refractivity contribution < 1.29 is 19.4 Å². The van der Waals surface area contributed by atoms with Gasteiger partial charge >= 0.3 is 5.97 Å². The quantitative estimate of drug-likeness (QED) is 0.836. The molecule has 0 spiro atoms. The lowest BCUT2D eigenvalue weighted by Gasteiger charge is -2.30. The van der Waals surface area contributed by atoms with Crippen molar-refractivity contribution in [2.45, 2.75) is 19.8 Å². The topological polar surface area (TPSA) is 66.8 Å². The van der Waals surface area contributed by atoms with Crippen LogP contribution in [-0.2, 0) is 9.53 Å². The number of likely N-dealkylation sites (tertiary alicyclic amines) is 1. The van der Waals surface area contributed by atoms with E-state index in [9.17, 15) is 14.7 Å². The van der Waals surface area contributed by atoms with Crippen molar-refractivity contribution in [1.82, 2.24) is 4.90 Å². The van der Waals surface area contributed by atoms with E-state index in [-0.39, 0.29) is 23.5 Å². The van der Waals surface area contributed by atoms with E-state index in [0.29, 0.717) is 37.1 Å². The normalized spacial score (nSPS) is 16.0. The van der Waals surface area contributed by atoms with Crippen LogP contribution >= 0.6 is 0 Å². The van der Waals surface area contributed by atoms with Crippen LogP contribution in [-0.4, -0.2) is 42.1 Å². The molecule has 0 radical (unpaired) electrons. The van der Waals surface area contributed by atoms with Gasteiger partial charge in [0.15, 0.2) is 0 Å². The molecule has 5 heteroatoms. The fourth-order valence-corrected chi connectivity index (χ4v) is 2.46. The molecule has 0 saturated carbocycles. The lowest BCUT2D eigenvalue weighted by atomic mass is 9.96. The summed E-state index contributed by atoms with van der Waals surface area (Å²) in [5, 5.41) is 9.48. The number of hydrogen-bond donors (Lipinski definition) is 1. The predicted octanol–water partition coefficient (Wildman–Crippen LogP) is 1.73. The third-order valence-electron chi connectivity index (χ3n) is 3.76. The van der Waals surface area contributed by atoms with Crippen molar-refractivity contribution in [2.24, 2.45) is 5.92 Å². The first kappa shape index (κ1) is 14.4. The zero-order chi connectivity index (χ0) is 14.7. The van der Waals surface area contributed by atoms with E-state index < -0.39 is 0 Å². The van der Waals surface area contributed by atoms with Gasteiger partial charge in [0.1, 0.15) is 5.75 Å². The fraction of sp³-hybridized carbons (Fsp3) is 0.467. The Balaban J connectivity index is 2.01. The molecule has 5 nitrogen and oxygen atoms in total. The Bertz CT molecular complexity index is 519. The lowest BCUT2D eigenvalue weighted by Crippen LogP contribution is -2.40. The molecule has 1 aliphatic heterocycles. The number of aromatic hydroxyl groups is 1. The maximum absolute atomic E-state index is 12.3. The molecule has 0 aromatic heterocycles. The number of aryl methyl sites for hydroxylation is 1. The molecule has 2 rings (SSSR count). The van der Waals surface area contributed by atoms with E-state index in [1.807, 2.05) is 0 Å². The number of piperidine rings is 1. The highest BCUT2D eigenvalue weighted by atomic mass is 16.5. The number of nitrogens with zero attached hydrogens (tertiary/aromatic N) is 1. The molecule has 0 bridgehead atoms. The molecule has 0 atom stereocenters. The molecule has 1 aliphatic rings. The van der Waals surface area contributed by atoms with Crippen LogP contribution < -0.4 is 0 Å². The standard InChI is InChI=1S/C15H19NO4/c1-10-9-12(3-4-13(10)17)14(18)16-7-5-11(6-8-16)15(19)20-2/h3-4,9,11,17H,5-8H2,1-2H3. The highest BCUT2D eigenvalue weighted by Gasteiger charge is 2.28. The molecule has 1 aromatic rings. The number of hydrogen-bond acceptors (Lipinski definition) is 4. The summed E-state index contributed by atoms with van der Waals surface area (Å²) in [7, 11) is 1.39. The van der Waals surface area contributed by atoms with Gasteiger partial charge in [-0.2, -0.15) is 0 Å². The molecule has 20 heavy (non-hydrogen) atoms. The van der Waals surface area contributed by atoms with Crippen LogP contribution in [0.4, 0.5) is 0 Å². The van der Waals surface area contributed by atoms with E-state index in [4.69, 9.17) is 4.74 Å². The lowest BCUT2D eigenvalue weighted by molar-refractivity contribution is -0.146. The maximum Gasteiger partial charge on any atom is 0.308 e. The third-order valence-corrected chi connectivity index (χ3v) is 3.76. The Morgan fingerprint density at radius 3 is 2.50 bits per heavy atom. The molecule has 0 unspecified atom stereocenters. The summed E-state index contributed by atoms with van der Waals surface area (Å²) in [4.78, 5) is 25.5. The van der Waals surface area contributed by atoms with Crippen LogP contribution in [0, 0.1) is 12.8 Å². The fourth-order valence-electron chi connectivity index (χ4n) is 2.46. The van der Waals surface area contributed by atoms with Crippen molar-refractivity contribution in [3.8, 4) is 5.75 Å². The zero-order valence-corrected chi connectivity index (χ0v) is 11.8. The molecule has 0 aliphatic carbocycles. The monoisotopic (exact) mass is 277 g/mol. The van der Waals surface area contributed by atoms with Crippen molar-refractivity contribution in [1.29, 1.82) is 0 Å². The molecule has 1 heterocycles. The van der Waals surface area contributed by atoms with E-state index >= 15 is 0 Å². The van der Waals surface area contributed by atoms with Gasteiger partial charge in [0.2, 0.25) is 0 Å². The molecule has 1 fully saturated rings. The highest BCUT2D eigenvalue weighted by Crippen LogP contribution is 2.22. The van der Waals surface area contributed by atoms with Gasteiger partial charge < -0.3 is 14.7 Å². The van der Waals surface area contributed by atoms with Crippen LogP contribution in [0.25, 0.3) is 0 Å². The first-order chi connectivity index (χ1) is 9.52. The number of methoxy groups -OCH3 is 1. The van der Waals surface area contributed by atoms with E-state index in [1.54, 1.807) is 24.0 Å². The highest BCUT2D eigenvalue weighted by molar-refractivity contribution is 5.94. The first-order valence-corrected chi connectivity index (χ1v) is 6.69. The van der Waals surface area contributed by atoms with Crippen molar-refractivity contribution >= 4 is 11.9 Å². The van der Waals surface area contributed by atoms with Crippen LogP contribution in [0.2, 0.25) is 0 Å². The number of phenolic OH excluding ortho intramolecular Hbond substituents is 1. The summed E-state index contributed by atoms with van der Waals surface area (Å²) in [5.74, 6) is -0.175. The average molecular weight is 277 g/mol. The Labute approximate surface area is 118 Å². The van der Waals surface area contributed by atoms with Crippen LogP contribution in [0.15, 0.2) is 18.2 Å². The SMILES string of the molecule is COC(=O)C1CCN(C(=O)c2ccc(O)c(C)c2)CC1. The van der Waals surface area contributed by atoms with Crippen molar-refractivity contribution in [2.75, 3.05) is 20.2 Å². The minimum absolute atomic E-state index is 0.0589. The minimum atomic E-state index is -0.197. The van der Waals surface area contributed by atoms with Crippen molar-refractivity contribution in [3.63, 3.8) is 0 Å². The molecule has 108 valence electrons. The largest absolute Gasteiger partial charge is 0.508 e. The second-order valence-corrected chi connectivity index (χ2v) is 5.09. The number of carbonyl (C=O) groups is 2. The molecule has 1 saturated heterocycles. The number of phenols is 1. The second-order valence-electron chi connectivity index (χ2n) is 5.09. The molecule has 1 amide bonds. The number of ether oxygens (including phenoxy) is 1. The second kappa shape index (κ2) is 5.94. The number of carbonyl (C=O) groups excluding carboxylic acids is 2. The summed E-state index contributed by atoms with van der Waals surface area (Å²) in [6, 6.07) is 4.84. The number of amides is 1. The summed E-state index contributed by atoms with van der Waals surface area (Å²) in [6.45, 7) is 2.87. The van der Waals surface area contributed by atoms with Gasteiger partial charge in [-0.15, -0.1) is 0 Å². The van der Waals surface area contributed by atoms with Gasteiger partial charge in [-0.1, -0.05) is 0 Å². The Morgan fingerprint density at radius 2 is 1.95 bits per heavy atom. The average Bonchev–Trinajstić information content (AvgIpc) is 2.48. The summed E-state index contributed by atoms with van der Waals surface area (Å²) >= 11 is 0. The van der Waals surface area contributed by atoms with Crippen LogP contribution in [0.3, 0.4) is 0 Å². The minimum Gasteiger partial charge on any atom is -0.508 e. The third kappa shape index (κ3) is 2.92. The van der Waals surface area contributed by atoms with E-state index in [0.717, 1.165) is 0 Å². The summed E-state index contributed by atoms with van der Waals surface area (Å²) < 4.78 is 4.73. The Morgan fingerprint density at radius 1 is 1.30 bits per heavy atom. The van der Waals surface area contributed by atoms with Gasteiger partial charge in [0, 0.05) is 18.7 Å². The molecular formula is C15H19NO4. The van der Waals surface area contributed by atoms with Gasteiger partial charge in [-0.05, 0) is 43.5 Å². The molecule has 1 aromatic carbocycles. The first-order valence-electron chi connectivity index (χ1n) is 6.69. The Hall–Kier alpha value is -2.04. The van der Waals surface area contributed by atoms with Gasteiger partial charge in [-0.25, -0.2) is 0 Å². The maximum atomic E-state index is 12.3. The summed E-state index contributed by atoms with van der Waals surface area (Å²) in [5.41, 5.74) is 1.25. The number of esters is 1. The Kier molecular flexibility index (Phi) is 4.27. The van der Waals surface area contributed by atoms with Gasteiger partial charge in [0.25, 0.3) is 5.91 Å². The molecular weight excluding hydrogens is 258 g/mol. The number of rotatable bonds is 2. The predicted molar refractivity (Wildman–Crippen MR) is 73.5 cm³/mol. The smallest absolute Gasteiger partial charge is 0.308 e. The van der Waals surface area contributed by atoms with Gasteiger partial charge in [0.05, 0.1) is 13.0 Å². The van der Waals surface area contributed by atoms with Crippen molar-refractivity contribution in [3.05, 3.63) is 29.3 Å².